The van der Waals surface area contributed by atoms with Crippen LogP contribution in [0.3, 0.4) is 0 Å². The lowest BCUT2D eigenvalue weighted by molar-refractivity contribution is 0.0205. The Balaban J connectivity index is 2.00. The third-order valence-corrected chi connectivity index (χ3v) is 5.41. The molecule has 1 heterocycles. The minimum absolute atomic E-state index is 0.0851. The Morgan fingerprint density at radius 2 is 1.97 bits per heavy atom. The number of para-hydroxylation sites is 1. The number of hydrogen-bond acceptors (Lipinski definition) is 6. The van der Waals surface area contributed by atoms with Crippen LogP contribution in [-0.4, -0.2) is 65.9 Å². The normalized spacial score (nSPS) is 12.0. The van der Waals surface area contributed by atoms with Crippen LogP contribution < -0.4 is 4.74 Å². The van der Waals surface area contributed by atoms with Gasteiger partial charge in [0, 0.05) is 32.8 Å². The van der Waals surface area contributed by atoms with Crippen LogP contribution in [0.25, 0.3) is 5.69 Å². The van der Waals surface area contributed by atoms with E-state index in [0.29, 0.717) is 32.0 Å². The van der Waals surface area contributed by atoms with Crippen LogP contribution in [0, 0.1) is 24.0 Å². The maximum atomic E-state index is 14.6. The Morgan fingerprint density at radius 3 is 2.64 bits per heavy atom. The van der Waals surface area contributed by atoms with Crippen LogP contribution in [0.2, 0.25) is 0 Å². The minimum atomic E-state index is -0.822. The predicted octanol–water partition coefficient (Wildman–Crippen LogP) is 3.96. The lowest BCUT2D eigenvalue weighted by atomic mass is 10.1. The molecule has 3 rings (SSSR count). The highest BCUT2D eigenvalue weighted by Gasteiger charge is 2.24. The number of aromatic nitrogens is 2. The average Bonchev–Trinajstić information content (AvgIpc) is 3.21. The van der Waals surface area contributed by atoms with Gasteiger partial charge in [-0.3, -0.25) is 4.90 Å². The summed E-state index contributed by atoms with van der Waals surface area (Å²) in [7, 11) is 1.60. The molecule has 1 aromatic heterocycles. The van der Waals surface area contributed by atoms with E-state index in [2.05, 4.69) is 5.92 Å². The summed E-state index contributed by atoms with van der Waals surface area (Å²) in [5.74, 6) is 1.04. The first-order valence-corrected chi connectivity index (χ1v) is 11.7. The third-order valence-electron chi connectivity index (χ3n) is 5.41. The lowest BCUT2D eigenvalue weighted by Crippen LogP contribution is -2.36. The number of aliphatic hydroxyl groups excluding tert-OH is 1. The van der Waals surface area contributed by atoms with Gasteiger partial charge in [-0.2, -0.15) is 5.10 Å². The smallest absolute Gasteiger partial charge is 0.227 e. The molecule has 1 atom stereocenters. The van der Waals surface area contributed by atoms with Gasteiger partial charge in [0.2, 0.25) is 5.88 Å². The maximum Gasteiger partial charge on any atom is 0.227 e. The second-order valence-electron chi connectivity index (χ2n) is 8.11. The molecule has 7 nitrogen and oxygen atoms in total. The van der Waals surface area contributed by atoms with Gasteiger partial charge in [-0.15, -0.1) is 6.42 Å². The topological polar surface area (TPSA) is 69.0 Å². The molecule has 3 aromatic rings. The van der Waals surface area contributed by atoms with Crippen LogP contribution in [0.1, 0.15) is 18.2 Å². The number of nitrogens with zero attached hydrogens (tertiary/aromatic N) is 3. The van der Waals surface area contributed by atoms with E-state index in [1.54, 1.807) is 11.8 Å². The second-order valence-corrected chi connectivity index (χ2v) is 8.11. The van der Waals surface area contributed by atoms with Gasteiger partial charge in [0.05, 0.1) is 36.3 Å². The zero-order valence-electron chi connectivity index (χ0n) is 20.5. The molecule has 0 amide bonds. The van der Waals surface area contributed by atoms with Crippen molar-refractivity contribution in [3.8, 4) is 29.7 Å². The van der Waals surface area contributed by atoms with Crippen LogP contribution in [0.4, 0.5) is 8.78 Å². The zero-order valence-corrected chi connectivity index (χ0v) is 20.5. The fourth-order valence-electron chi connectivity index (χ4n) is 3.72. The molecule has 0 saturated carbocycles. The molecule has 1 N–H and O–H groups in total. The van der Waals surface area contributed by atoms with E-state index in [0.717, 1.165) is 29.1 Å². The largest absolute Gasteiger partial charge is 0.435 e. The zero-order chi connectivity index (χ0) is 25.9. The van der Waals surface area contributed by atoms with E-state index >= 15 is 0 Å². The number of terminal acetylenes is 1. The van der Waals surface area contributed by atoms with E-state index < -0.39 is 17.7 Å². The highest BCUT2D eigenvalue weighted by Crippen LogP contribution is 2.33. The van der Waals surface area contributed by atoms with Crippen molar-refractivity contribution in [1.82, 2.24) is 14.7 Å². The van der Waals surface area contributed by atoms with Crippen LogP contribution in [0.5, 0.6) is 11.6 Å². The van der Waals surface area contributed by atoms with Gasteiger partial charge in [0.1, 0.15) is 12.4 Å². The van der Waals surface area contributed by atoms with Crippen molar-refractivity contribution in [3.05, 3.63) is 71.4 Å². The maximum absolute atomic E-state index is 14.6. The van der Waals surface area contributed by atoms with Crippen LogP contribution >= 0.6 is 0 Å². The van der Waals surface area contributed by atoms with Gasteiger partial charge < -0.3 is 19.3 Å². The molecule has 0 fully saturated rings. The summed E-state index contributed by atoms with van der Waals surface area (Å²) in [6, 6.07) is 12.5. The van der Waals surface area contributed by atoms with E-state index in [9.17, 15) is 13.9 Å². The minimum Gasteiger partial charge on any atom is -0.435 e. The fourth-order valence-corrected chi connectivity index (χ4v) is 3.72. The van der Waals surface area contributed by atoms with E-state index in [1.807, 2.05) is 42.2 Å². The molecule has 0 radical (unpaired) electrons. The highest BCUT2D eigenvalue weighted by atomic mass is 19.1. The Kier molecular flexibility index (Phi) is 10.4. The number of ether oxygens (including phenoxy) is 3. The number of hydrogen-bond donors (Lipinski definition) is 1. The van der Waals surface area contributed by atoms with Crippen molar-refractivity contribution in [2.24, 2.45) is 0 Å². The molecule has 0 aliphatic rings. The Morgan fingerprint density at radius 1 is 1.19 bits per heavy atom. The van der Waals surface area contributed by atoms with E-state index in [-0.39, 0.29) is 25.5 Å². The molecule has 192 valence electrons. The van der Waals surface area contributed by atoms with Crippen LogP contribution in [0.15, 0.2) is 48.5 Å². The van der Waals surface area contributed by atoms with E-state index in [4.69, 9.17) is 25.7 Å². The number of benzene rings is 2. The first-order chi connectivity index (χ1) is 17.5. The molecule has 0 spiro atoms. The van der Waals surface area contributed by atoms with Crippen molar-refractivity contribution in [2.75, 3.05) is 40.0 Å². The summed E-state index contributed by atoms with van der Waals surface area (Å²) in [5, 5.41) is 15.2. The van der Waals surface area contributed by atoms with Crippen molar-refractivity contribution in [1.29, 1.82) is 0 Å². The van der Waals surface area contributed by atoms with Gasteiger partial charge in [-0.1, -0.05) is 31.0 Å². The summed E-state index contributed by atoms with van der Waals surface area (Å²) >= 11 is 0. The highest BCUT2D eigenvalue weighted by molar-refractivity contribution is 5.44. The molecule has 2 aromatic carbocycles. The molecular weight excluding hydrogens is 468 g/mol. The predicted molar refractivity (Wildman–Crippen MR) is 132 cm³/mol. The quantitative estimate of drug-likeness (QED) is 0.268. The van der Waals surface area contributed by atoms with Crippen molar-refractivity contribution < 1.29 is 28.1 Å². The monoisotopic (exact) mass is 499 g/mol. The molecule has 36 heavy (non-hydrogen) atoms. The average molecular weight is 500 g/mol. The van der Waals surface area contributed by atoms with Gasteiger partial charge >= 0.3 is 0 Å². The summed E-state index contributed by atoms with van der Waals surface area (Å²) < 4.78 is 46.3. The molecule has 1 unspecified atom stereocenters. The first kappa shape index (κ1) is 27.3. The summed E-state index contributed by atoms with van der Waals surface area (Å²) in [6.07, 6.45) is 5.01. The SMILES string of the molecule is C#CCOCC(O)CN(CCOC)Cc1c(CC)nn(-c2ccccc2)c1Oc1ccc(F)cc1F. The summed E-state index contributed by atoms with van der Waals surface area (Å²) in [5.41, 5.74) is 2.19. The Labute approximate surface area is 210 Å². The molecular formula is C27H31F2N3O4. The Hall–Kier alpha value is -3.29. The third kappa shape index (κ3) is 7.35. The second kappa shape index (κ2) is 13.7. The van der Waals surface area contributed by atoms with Gasteiger partial charge in [-0.25, -0.2) is 13.5 Å². The number of aryl methyl sites for hydroxylation is 1. The number of halogens is 2. The number of methoxy groups -OCH3 is 1. The molecule has 0 bridgehead atoms. The standard InChI is InChI=1S/C27H31F2N3O4/c1-4-14-35-19-22(33)17-31(13-15-34-3)18-23-25(5-2)30-32(21-9-7-6-8-10-21)27(23)36-26-12-11-20(28)16-24(26)29/h1,6-12,16,22,33H,5,13-15,17-19H2,2-3H3. The van der Waals surface area contributed by atoms with Crippen LogP contribution in [-0.2, 0) is 22.4 Å². The van der Waals surface area contributed by atoms with Gasteiger partial charge in [-0.05, 0) is 30.7 Å². The molecule has 0 aliphatic heterocycles. The van der Waals surface area contributed by atoms with Crippen molar-refractivity contribution in [2.45, 2.75) is 26.0 Å². The number of aliphatic hydroxyl groups is 1. The first-order valence-electron chi connectivity index (χ1n) is 11.7. The fraction of sp³-hybridized carbons (Fsp3) is 0.370. The summed E-state index contributed by atoms with van der Waals surface area (Å²) in [6.45, 7) is 3.71. The Bertz CT molecular complexity index is 1150. The number of rotatable bonds is 14. The van der Waals surface area contributed by atoms with Gasteiger partial charge in [0.25, 0.3) is 0 Å². The lowest BCUT2D eigenvalue weighted by Gasteiger charge is -2.25. The summed E-state index contributed by atoms with van der Waals surface area (Å²) in [4.78, 5) is 1.98. The van der Waals surface area contributed by atoms with Crippen molar-refractivity contribution in [3.63, 3.8) is 0 Å². The molecule has 0 aliphatic carbocycles. The van der Waals surface area contributed by atoms with Crippen molar-refractivity contribution >= 4 is 0 Å². The molecule has 0 saturated heterocycles. The van der Waals surface area contributed by atoms with E-state index in [1.165, 1.54) is 6.07 Å². The van der Waals surface area contributed by atoms with Gasteiger partial charge in [0.15, 0.2) is 11.6 Å². The molecule has 9 heteroatoms.